The Morgan fingerprint density at radius 3 is 2.89 bits per heavy atom. The molecule has 3 rings (SSSR count). The number of nitrogens with one attached hydrogen (secondary N) is 1. The summed E-state index contributed by atoms with van der Waals surface area (Å²) >= 11 is 0. The normalized spacial score (nSPS) is 10.7. The number of hydrogen-bond acceptors (Lipinski definition) is 3. The number of aromatic nitrogens is 2. The maximum Gasteiger partial charge on any atom is 0.248 e. The molecule has 2 aromatic heterocycles. The molecule has 0 aliphatic rings. The zero-order valence-electron chi connectivity index (χ0n) is 10.1. The second-order valence-corrected chi connectivity index (χ2v) is 4.30. The van der Waals surface area contributed by atoms with E-state index in [1.807, 2.05) is 12.3 Å². The van der Waals surface area contributed by atoms with Gasteiger partial charge in [-0.25, -0.2) is 4.98 Å². The van der Waals surface area contributed by atoms with Crippen LogP contribution in [0, 0.1) is 0 Å². The lowest BCUT2D eigenvalue weighted by molar-refractivity contribution is 0.100. The Balaban J connectivity index is 2.21. The molecule has 5 heteroatoms. The van der Waals surface area contributed by atoms with Crippen LogP contribution in [-0.2, 0) is 0 Å². The minimum Gasteiger partial charge on any atom is -0.384 e. The fourth-order valence-electron chi connectivity index (χ4n) is 2.12. The molecule has 0 atom stereocenters. The number of pyridine rings is 1. The van der Waals surface area contributed by atoms with Crippen molar-refractivity contribution in [1.29, 1.82) is 0 Å². The van der Waals surface area contributed by atoms with E-state index in [2.05, 4.69) is 9.97 Å². The number of H-pyrrole nitrogens is 1. The molecule has 0 unspecified atom stereocenters. The van der Waals surface area contributed by atoms with E-state index in [0.29, 0.717) is 11.4 Å². The quantitative estimate of drug-likeness (QED) is 0.649. The minimum absolute atomic E-state index is 0.442. The molecule has 19 heavy (non-hydrogen) atoms. The highest BCUT2D eigenvalue weighted by molar-refractivity contribution is 5.99. The second-order valence-electron chi connectivity index (χ2n) is 4.30. The van der Waals surface area contributed by atoms with Crippen LogP contribution in [0.4, 0.5) is 5.82 Å². The van der Waals surface area contributed by atoms with Gasteiger partial charge >= 0.3 is 0 Å². The van der Waals surface area contributed by atoms with Crippen LogP contribution in [0.5, 0.6) is 0 Å². The summed E-state index contributed by atoms with van der Waals surface area (Å²) in [5.74, 6) is 0.0160. The highest BCUT2D eigenvalue weighted by atomic mass is 16.1. The van der Waals surface area contributed by atoms with Crippen molar-refractivity contribution in [2.75, 3.05) is 5.73 Å². The van der Waals surface area contributed by atoms with Crippen molar-refractivity contribution in [3.8, 4) is 11.1 Å². The van der Waals surface area contributed by atoms with E-state index in [9.17, 15) is 4.79 Å². The molecule has 5 N–H and O–H groups in total. The molecule has 2 heterocycles. The molecular formula is C14H12N4O. The first-order chi connectivity index (χ1) is 9.15. The average molecular weight is 252 g/mol. The SMILES string of the molecule is NC(=O)c1cccc(-c2c[nH]c3cnc(N)cc23)c1. The fourth-order valence-corrected chi connectivity index (χ4v) is 2.12. The Hall–Kier alpha value is -2.82. The van der Waals surface area contributed by atoms with Gasteiger partial charge in [-0.3, -0.25) is 4.79 Å². The number of fused-ring (bicyclic) bond motifs is 1. The summed E-state index contributed by atoms with van der Waals surface area (Å²) in [5, 5.41) is 0.967. The molecule has 0 spiro atoms. The molecule has 0 aliphatic carbocycles. The standard InChI is InChI=1S/C14H12N4O/c15-13-5-10-11(6-17-12(10)7-18-13)8-2-1-3-9(4-8)14(16)19/h1-7,17H,(H2,15,18)(H2,16,19). The van der Waals surface area contributed by atoms with Gasteiger partial charge in [-0.2, -0.15) is 0 Å². The molecule has 1 aromatic carbocycles. The third-order valence-corrected chi connectivity index (χ3v) is 3.05. The number of nitrogen functional groups attached to an aromatic ring is 1. The van der Waals surface area contributed by atoms with Gasteiger partial charge in [-0.05, 0) is 23.8 Å². The molecule has 5 nitrogen and oxygen atoms in total. The number of anilines is 1. The van der Waals surface area contributed by atoms with E-state index in [0.717, 1.165) is 22.0 Å². The topological polar surface area (TPSA) is 97.8 Å². The van der Waals surface area contributed by atoms with Crippen molar-refractivity contribution in [2.24, 2.45) is 5.73 Å². The van der Waals surface area contributed by atoms with E-state index in [1.54, 1.807) is 30.5 Å². The molecule has 0 saturated heterocycles. The lowest BCUT2D eigenvalue weighted by Gasteiger charge is -2.02. The van der Waals surface area contributed by atoms with Gasteiger partial charge in [0, 0.05) is 22.7 Å². The number of amides is 1. The highest BCUT2D eigenvalue weighted by Gasteiger charge is 2.09. The monoisotopic (exact) mass is 252 g/mol. The Labute approximate surface area is 109 Å². The number of rotatable bonds is 2. The van der Waals surface area contributed by atoms with Gasteiger partial charge in [0.1, 0.15) is 5.82 Å². The van der Waals surface area contributed by atoms with Gasteiger partial charge in [0.2, 0.25) is 5.91 Å². The van der Waals surface area contributed by atoms with Crippen molar-refractivity contribution in [3.63, 3.8) is 0 Å². The van der Waals surface area contributed by atoms with Crippen LogP contribution in [0.2, 0.25) is 0 Å². The molecule has 0 fully saturated rings. The zero-order chi connectivity index (χ0) is 13.4. The van der Waals surface area contributed by atoms with Crippen molar-refractivity contribution in [3.05, 3.63) is 48.3 Å². The second kappa shape index (κ2) is 4.13. The largest absolute Gasteiger partial charge is 0.384 e. The number of nitrogens with zero attached hydrogens (tertiary/aromatic N) is 1. The van der Waals surface area contributed by atoms with Gasteiger partial charge in [0.05, 0.1) is 11.7 Å². The van der Waals surface area contributed by atoms with Crippen LogP contribution >= 0.6 is 0 Å². The molecule has 0 bridgehead atoms. The number of carbonyl (C=O) groups is 1. The summed E-state index contributed by atoms with van der Waals surface area (Å²) in [6, 6.07) is 8.99. The average Bonchev–Trinajstić information content (AvgIpc) is 2.81. The summed E-state index contributed by atoms with van der Waals surface area (Å²) in [5.41, 5.74) is 14.3. The third-order valence-electron chi connectivity index (χ3n) is 3.05. The van der Waals surface area contributed by atoms with Crippen molar-refractivity contribution in [1.82, 2.24) is 9.97 Å². The number of aromatic amines is 1. The molecule has 1 amide bonds. The lowest BCUT2D eigenvalue weighted by Crippen LogP contribution is -2.10. The Morgan fingerprint density at radius 2 is 2.11 bits per heavy atom. The summed E-state index contributed by atoms with van der Waals surface area (Å²) in [6.07, 6.45) is 3.55. The van der Waals surface area contributed by atoms with Crippen LogP contribution in [0.1, 0.15) is 10.4 Å². The number of nitrogens with two attached hydrogens (primary N) is 2. The molecule has 94 valence electrons. The molecule has 0 saturated carbocycles. The van der Waals surface area contributed by atoms with Crippen molar-refractivity contribution >= 4 is 22.6 Å². The lowest BCUT2D eigenvalue weighted by atomic mass is 10.0. The molecular weight excluding hydrogens is 240 g/mol. The summed E-state index contributed by atoms with van der Waals surface area (Å²) in [6.45, 7) is 0. The van der Waals surface area contributed by atoms with E-state index in [-0.39, 0.29) is 0 Å². The van der Waals surface area contributed by atoms with Gasteiger partial charge < -0.3 is 16.5 Å². The highest BCUT2D eigenvalue weighted by Crippen LogP contribution is 2.29. The molecule has 0 radical (unpaired) electrons. The van der Waals surface area contributed by atoms with E-state index < -0.39 is 5.91 Å². The van der Waals surface area contributed by atoms with Crippen LogP contribution in [0.15, 0.2) is 42.7 Å². The van der Waals surface area contributed by atoms with Crippen LogP contribution in [0.3, 0.4) is 0 Å². The Bertz CT molecular complexity index is 776. The van der Waals surface area contributed by atoms with E-state index in [4.69, 9.17) is 11.5 Å². The molecule has 0 aliphatic heterocycles. The maximum absolute atomic E-state index is 11.2. The summed E-state index contributed by atoms with van der Waals surface area (Å²) in [7, 11) is 0. The summed E-state index contributed by atoms with van der Waals surface area (Å²) < 4.78 is 0. The molecule has 3 aromatic rings. The smallest absolute Gasteiger partial charge is 0.248 e. The minimum atomic E-state index is -0.442. The maximum atomic E-state index is 11.2. The zero-order valence-corrected chi connectivity index (χ0v) is 10.1. The van der Waals surface area contributed by atoms with Crippen LogP contribution in [-0.4, -0.2) is 15.9 Å². The predicted octanol–water partition coefficient (Wildman–Crippen LogP) is 1.91. The first kappa shape index (κ1) is 11.3. The fraction of sp³-hybridized carbons (Fsp3) is 0. The number of primary amides is 1. The van der Waals surface area contributed by atoms with Crippen molar-refractivity contribution in [2.45, 2.75) is 0 Å². The van der Waals surface area contributed by atoms with Gasteiger partial charge in [-0.15, -0.1) is 0 Å². The number of hydrogen-bond donors (Lipinski definition) is 3. The van der Waals surface area contributed by atoms with Gasteiger partial charge in [0.25, 0.3) is 0 Å². The Morgan fingerprint density at radius 1 is 1.26 bits per heavy atom. The van der Waals surface area contributed by atoms with Crippen LogP contribution in [0.25, 0.3) is 22.0 Å². The van der Waals surface area contributed by atoms with Crippen molar-refractivity contribution < 1.29 is 4.79 Å². The first-order valence-corrected chi connectivity index (χ1v) is 5.78. The van der Waals surface area contributed by atoms with Gasteiger partial charge in [-0.1, -0.05) is 12.1 Å². The number of benzene rings is 1. The Kier molecular flexibility index (Phi) is 2.45. The van der Waals surface area contributed by atoms with Gasteiger partial charge in [0.15, 0.2) is 0 Å². The van der Waals surface area contributed by atoms with E-state index in [1.165, 1.54) is 0 Å². The summed E-state index contributed by atoms with van der Waals surface area (Å²) in [4.78, 5) is 18.4. The first-order valence-electron chi connectivity index (χ1n) is 5.78. The van der Waals surface area contributed by atoms with Crippen LogP contribution < -0.4 is 11.5 Å². The van der Waals surface area contributed by atoms with E-state index >= 15 is 0 Å². The predicted molar refractivity (Wildman–Crippen MR) is 74.5 cm³/mol. The third kappa shape index (κ3) is 1.91. The number of carbonyl (C=O) groups excluding carboxylic acids is 1.